The van der Waals surface area contributed by atoms with Gasteiger partial charge in [0.05, 0.1) is 17.9 Å². The molecule has 1 heterocycles. The molecule has 0 N–H and O–H groups in total. The van der Waals surface area contributed by atoms with E-state index >= 15 is 0 Å². The van der Waals surface area contributed by atoms with Crippen LogP contribution in [-0.4, -0.2) is 32.8 Å². The number of benzene rings is 3. The van der Waals surface area contributed by atoms with Crippen LogP contribution in [0.5, 0.6) is 0 Å². The second-order valence-corrected chi connectivity index (χ2v) is 20.3. The highest BCUT2D eigenvalue weighted by atomic mass is 31.2. The minimum Gasteiger partial charge on any atom is -0.411 e. The van der Waals surface area contributed by atoms with E-state index in [-0.39, 0.29) is 16.7 Å². The van der Waals surface area contributed by atoms with Crippen LogP contribution >= 0.6 is 7.26 Å². The van der Waals surface area contributed by atoms with Gasteiger partial charge in [-0.15, -0.1) is 0 Å². The molecule has 3 aromatic carbocycles. The summed E-state index contributed by atoms with van der Waals surface area (Å²) in [6.45, 7) is 14.9. The first-order chi connectivity index (χ1) is 17.1. The van der Waals surface area contributed by atoms with Crippen LogP contribution in [0.2, 0.25) is 18.1 Å². The van der Waals surface area contributed by atoms with Crippen LogP contribution in [-0.2, 0) is 9.16 Å². The molecule has 0 saturated carbocycles. The molecule has 0 radical (unpaired) electrons. The second-order valence-electron chi connectivity index (χ2n) is 12.0. The van der Waals surface area contributed by atoms with Crippen LogP contribution in [0.1, 0.15) is 47.0 Å². The zero-order valence-electron chi connectivity index (χ0n) is 23.0. The van der Waals surface area contributed by atoms with E-state index in [0.29, 0.717) is 0 Å². The van der Waals surface area contributed by atoms with Crippen molar-refractivity contribution >= 4 is 31.5 Å². The Labute approximate surface area is 220 Å². The Balaban J connectivity index is 1.76. The third-order valence-electron chi connectivity index (χ3n) is 8.50. The fourth-order valence-corrected chi connectivity index (χ4v) is 11.1. The summed E-state index contributed by atoms with van der Waals surface area (Å²) in [5, 5.41) is 4.48. The smallest absolute Gasteiger partial charge is 0.192 e. The van der Waals surface area contributed by atoms with Gasteiger partial charge < -0.3 is 9.16 Å². The lowest BCUT2D eigenvalue weighted by atomic mass is 9.90. The van der Waals surface area contributed by atoms with E-state index in [1.54, 1.807) is 0 Å². The molecule has 2 atom stereocenters. The molecule has 0 spiro atoms. The summed E-state index contributed by atoms with van der Waals surface area (Å²) >= 11 is 0. The molecule has 4 rings (SSSR count). The minimum atomic E-state index is -1.92. The Hall–Kier alpha value is -1.77. The van der Waals surface area contributed by atoms with Crippen LogP contribution in [0, 0.1) is 0 Å². The lowest BCUT2D eigenvalue weighted by Crippen LogP contribution is -2.55. The van der Waals surface area contributed by atoms with Crippen LogP contribution in [0.4, 0.5) is 0 Å². The van der Waals surface area contributed by atoms with Crippen LogP contribution in [0.15, 0.2) is 91.0 Å². The largest absolute Gasteiger partial charge is 0.411 e. The molecule has 0 aliphatic carbocycles. The maximum absolute atomic E-state index is 7.07. The molecule has 2 nitrogen and oxygen atoms in total. The molecular weight excluding hydrogens is 475 g/mol. The Bertz CT molecular complexity index is 999. The van der Waals surface area contributed by atoms with Gasteiger partial charge in [-0.1, -0.05) is 75.4 Å². The van der Waals surface area contributed by atoms with Crippen molar-refractivity contribution in [2.45, 2.75) is 76.8 Å². The summed E-state index contributed by atoms with van der Waals surface area (Å²) in [4.78, 5) is 0. The summed E-state index contributed by atoms with van der Waals surface area (Å²) in [5.41, 5.74) is -0.294. The predicted octanol–water partition coefficient (Wildman–Crippen LogP) is 7.33. The van der Waals surface area contributed by atoms with Crippen LogP contribution in [0.3, 0.4) is 0 Å². The number of hydrogen-bond acceptors (Lipinski definition) is 2. The Morgan fingerprint density at radius 1 is 0.833 bits per heavy atom. The van der Waals surface area contributed by atoms with Gasteiger partial charge in [-0.3, -0.25) is 0 Å². The summed E-state index contributed by atoms with van der Waals surface area (Å²) < 4.78 is 13.7. The molecule has 0 bridgehead atoms. The van der Waals surface area contributed by atoms with Crippen molar-refractivity contribution in [2.24, 2.45) is 0 Å². The van der Waals surface area contributed by atoms with E-state index in [9.17, 15) is 0 Å². The predicted molar refractivity (Wildman–Crippen MR) is 160 cm³/mol. The number of hydrogen-bond donors (Lipinski definition) is 0. The highest BCUT2D eigenvalue weighted by Gasteiger charge is 2.50. The van der Waals surface area contributed by atoms with Crippen LogP contribution < -0.4 is 15.9 Å². The van der Waals surface area contributed by atoms with Crippen molar-refractivity contribution in [3.8, 4) is 0 Å². The van der Waals surface area contributed by atoms with E-state index in [2.05, 4.69) is 132 Å². The fourth-order valence-electron chi connectivity index (χ4n) is 5.19. The fraction of sp³-hybridized carbons (Fsp3) is 0.438. The molecule has 1 aliphatic rings. The van der Waals surface area contributed by atoms with Gasteiger partial charge in [-0.25, -0.2) is 0 Å². The Morgan fingerprint density at radius 3 is 1.69 bits per heavy atom. The topological polar surface area (TPSA) is 18.5 Å². The van der Waals surface area contributed by atoms with Gasteiger partial charge in [-0.2, -0.15) is 0 Å². The SMILES string of the molecule is CC(C)(C)[Si](C)(C)O[C@@H]1CCCO[C@@]1(C)CC[P+](c1ccccc1)(c1ccccc1)c1ccccc1. The van der Waals surface area contributed by atoms with Crippen molar-refractivity contribution in [3.63, 3.8) is 0 Å². The monoisotopic (exact) mass is 519 g/mol. The Morgan fingerprint density at radius 2 is 1.28 bits per heavy atom. The summed E-state index contributed by atoms with van der Waals surface area (Å²) in [6, 6.07) is 33.5. The second kappa shape index (κ2) is 10.9. The van der Waals surface area contributed by atoms with Gasteiger partial charge in [0.25, 0.3) is 0 Å². The van der Waals surface area contributed by atoms with Crippen molar-refractivity contribution in [1.82, 2.24) is 0 Å². The van der Waals surface area contributed by atoms with E-state index in [0.717, 1.165) is 32.0 Å². The molecule has 0 aromatic heterocycles. The molecule has 192 valence electrons. The van der Waals surface area contributed by atoms with E-state index in [4.69, 9.17) is 9.16 Å². The van der Waals surface area contributed by atoms with Crippen molar-refractivity contribution in [1.29, 1.82) is 0 Å². The molecule has 1 aliphatic heterocycles. The Kier molecular flexibility index (Phi) is 8.27. The summed E-state index contributed by atoms with van der Waals surface area (Å²) in [5.74, 6) is 0. The van der Waals surface area contributed by atoms with Gasteiger partial charge in [0.2, 0.25) is 0 Å². The molecule has 1 saturated heterocycles. The average Bonchev–Trinajstić information content (AvgIpc) is 2.87. The van der Waals surface area contributed by atoms with Gasteiger partial charge in [0.1, 0.15) is 23.2 Å². The zero-order valence-corrected chi connectivity index (χ0v) is 24.9. The van der Waals surface area contributed by atoms with Gasteiger partial charge in [0, 0.05) is 13.0 Å². The summed E-state index contributed by atoms with van der Waals surface area (Å²) in [7, 11) is -3.82. The first-order valence-corrected chi connectivity index (χ1v) is 18.3. The molecule has 0 unspecified atom stereocenters. The normalized spacial score (nSPS) is 21.3. The highest BCUT2D eigenvalue weighted by Crippen LogP contribution is 2.57. The molecule has 4 heteroatoms. The first-order valence-electron chi connectivity index (χ1n) is 13.5. The van der Waals surface area contributed by atoms with E-state index < -0.39 is 15.6 Å². The molecule has 36 heavy (non-hydrogen) atoms. The highest BCUT2D eigenvalue weighted by molar-refractivity contribution is 7.95. The van der Waals surface area contributed by atoms with Gasteiger partial charge in [0.15, 0.2) is 8.32 Å². The lowest BCUT2D eigenvalue weighted by Gasteiger charge is -2.48. The molecule has 3 aromatic rings. The van der Waals surface area contributed by atoms with E-state index in [1.165, 1.54) is 15.9 Å². The molecule has 1 fully saturated rings. The van der Waals surface area contributed by atoms with Gasteiger partial charge in [-0.05, 0) is 74.3 Å². The minimum absolute atomic E-state index is 0.136. The maximum atomic E-state index is 7.07. The first kappa shape index (κ1) is 27.3. The molecular formula is C32H44O2PSi+. The average molecular weight is 520 g/mol. The lowest BCUT2D eigenvalue weighted by molar-refractivity contribution is -0.138. The van der Waals surface area contributed by atoms with Crippen LogP contribution in [0.25, 0.3) is 0 Å². The van der Waals surface area contributed by atoms with E-state index in [1.807, 2.05) is 0 Å². The van der Waals surface area contributed by atoms with Crippen molar-refractivity contribution < 1.29 is 9.16 Å². The maximum Gasteiger partial charge on any atom is 0.192 e. The van der Waals surface area contributed by atoms with Gasteiger partial charge >= 0.3 is 0 Å². The standard InChI is InChI=1S/C32H44O2PSi/c1-31(2,3)36(5,6)34-30-23-16-25-33-32(30,4)24-26-35(27-17-10-7-11-18-27,28-19-12-8-13-20-28)29-21-14-9-15-22-29/h7-15,17-22,30H,16,23-26H2,1-6H3/q+1/t30-,32+/m1/s1. The number of rotatable bonds is 8. The molecule has 0 amide bonds. The quantitative estimate of drug-likeness (QED) is 0.229. The zero-order chi connectivity index (χ0) is 25.9. The number of ether oxygens (including phenoxy) is 1. The van der Waals surface area contributed by atoms with Crippen molar-refractivity contribution in [3.05, 3.63) is 91.0 Å². The summed E-state index contributed by atoms with van der Waals surface area (Å²) in [6.07, 6.45) is 4.32. The van der Waals surface area contributed by atoms with Crippen molar-refractivity contribution in [2.75, 3.05) is 12.8 Å². The third-order valence-corrected chi connectivity index (χ3v) is 17.4. The third kappa shape index (κ3) is 5.55.